The summed E-state index contributed by atoms with van der Waals surface area (Å²) in [6, 6.07) is 24.5. The molecule has 3 aromatic rings. The van der Waals surface area contributed by atoms with E-state index in [1.807, 2.05) is 94.4 Å². The molecule has 0 aliphatic heterocycles. The Morgan fingerprint density at radius 3 is 2.21 bits per heavy atom. The third-order valence-electron chi connectivity index (χ3n) is 5.62. The minimum Gasteiger partial charge on any atom is -0.350 e. The van der Waals surface area contributed by atoms with Gasteiger partial charge in [0.05, 0.1) is 6.42 Å². The number of benzene rings is 3. The third kappa shape index (κ3) is 7.46. The number of nitrogens with one attached hydrogen (secondary N) is 1. The minimum atomic E-state index is -0.659. The summed E-state index contributed by atoms with van der Waals surface area (Å²) in [5, 5.41) is 3.68. The number of hydrogen-bond acceptors (Lipinski definition) is 2. The second kappa shape index (κ2) is 11.3. The van der Waals surface area contributed by atoms with Gasteiger partial charge in [-0.2, -0.15) is 0 Å². The minimum absolute atomic E-state index is 0.115. The number of carbonyl (C=O) groups excluding carboxylic acids is 2. The first-order chi connectivity index (χ1) is 16.1. The molecule has 0 fully saturated rings. The Bertz CT molecular complexity index is 1120. The van der Waals surface area contributed by atoms with Crippen LogP contribution in [0.3, 0.4) is 0 Å². The van der Waals surface area contributed by atoms with Crippen molar-refractivity contribution in [1.82, 2.24) is 10.2 Å². The highest BCUT2D eigenvalue weighted by Gasteiger charge is 2.32. The van der Waals surface area contributed by atoms with Crippen molar-refractivity contribution in [3.05, 3.63) is 106 Å². The molecular weight excluding hydrogens is 444 g/mol. The largest absolute Gasteiger partial charge is 0.350 e. The molecule has 34 heavy (non-hydrogen) atoms. The van der Waals surface area contributed by atoms with E-state index in [2.05, 4.69) is 5.32 Å². The molecule has 0 saturated carbocycles. The van der Waals surface area contributed by atoms with Crippen molar-refractivity contribution in [2.75, 3.05) is 0 Å². The molecule has 0 heterocycles. The van der Waals surface area contributed by atoms with Gasteiger partial charge in [0.1, 0.15) is 6.04 Å². The van der Waals surface area contributed by atoms with Gasteiger partial charge in [-0.15, -0.1) is 0 Å². The summed E-state index contributed by atoms with van der Waals surface area (Å²) >= 11 is 6.16. The molecule has 178 valence electrons. The molecule has 0 radical (unpaired) electrons. The molecule has 0 aliphatic carbocycles. The van der Waals surface area contributed by atoms with Crippen LogP contribution in [0.1, 0.15) is 43.0 Å². The van der Waals surface area contributed by atoms with Crippen molar-refractivity contribution in [3.8, 4) is 0 Å². The average molecular weight is 477 g/mol. The van der Waals surface area contributed by atoms with Crippen molar-refractivity contribution in [2.24, 2.45) is 0 Å². The average Bonchev–Trinajstić information content (AvgIpc) is 2.77. The Kier molecular flexibility index (Phi) is 8.51. The number of rotatable bonds is 8. The van der Waals surface area contributed by atoms with Crippen LogP contribution in [0.4, 0.5) is 0 Å². The fraction of sp³-hybridized carbons (Fsp3) is 0.310. The second-order valence-corrected chi connectivity index (χ2v) is 10.1. The van der Waals surface area contributed by atoms with Gasteiger partial charge in [-0.25, -0.2) is 0 Å². The molecular formula is C29H33ClN2O2. The van der Waals surface area contributed by atoms with Gasteiger partial charge in [-0.1, -0.05) is 78.3 Å². The first-order valence-corrected chi connectivity index (χ1v) is 11.9. The van der Waals surface area contributed by atoms with Crippen LogP contribution in [-0.2, 0) is 29.0 Å². The number of hydrogen-bond donors (Lipinski definition) is 1. The Balaban J connectivity index is 2.00. The quantitative estimate of drug-likeness (QED) is 0.450. The first-order valence-electron chi connectivity index (χ1n) is 11.6. The molecule has 0 spiro atoms. The monoisotopic (exact) mass is 476 g/mol. The molecule has 2 amide bonds. The summed E-state index contributed by atoms with van der Waals surface area (Å²) in [7, 11) is 0. The predicted molar refractivity (Wildman–Crippen MR) is 139 cm³/mol. The number of amides is 2. The summed E-state index contributed by atoms with van der Waals surface area (Å²) in [6.45, 7) is 8.22. The maximum atomic E-state index is 13.7. The van der Waals surface area contributed by atoms with E-state index in [1.165, 1.54) is 0 Å². The second-order valence-electron chi connectivity index (χ2n) is 9.70. The summed E-state index contributed by atoms with van der Waals surface area (Å²) < 4.78 is 0. The number of halogens is 1. The normalized spacial score (nSPS) is 12.1. The van der Waals surface area contributed by atoms with Crippen molar-refractivity contribution in [2.45, 2.75) is 58.7 Å². The van der Waals surface area contributed by atoms with Gasteiger partial charge >= 0.3 is 0 Å². The van der Waals surface area contributed by atoms with Crippen molar-refractivity contribution < 1.29 is 9.59 Å². The van der Waals surface area contributed by atoms with Crippen LogP contribution in [0.25, 0.3) is 0 Å². The lowest BCUT2D eigenvalue weighted by Crippen LogP contribution is -2.54. The van der Waals surface area contributed by atoms with Crippen LogP contribution in [0, 0.1) is 6.92 Å². The Morgan fingerprint density at radius 1 is 0.912 bits per heavy atom. The summed E-state index contributed by atoms with van der Waals surface area (Å²) in [5.41, 5.74) is 3.50. The zero-order chi connectivity index (χ0) is 24.7. The van der Waals surface area contributed by atoms with Gasteiger partial charge in [0, 0.05) is 23.5 Å². The van der Waals surface area contributed by atoms with E-state index in [9.17, 15) is 9.59 Å². The molecule has 0 saturated heterocycles. The topological polar surface area (TPSA) is 49.4 Å². The summed E-state index contributed by atoms with van der Waals surface area (Å²) in [4.78, 5) is 29.0. The first kappa shape index (κ1) is 25.5. The lowest BCUT2D eigenvalue weighted by Gasteiger charge is -2.34. The van der Waals surface area contributed by atoms with Crippen molar-refractivity contribution in [3.63, 3.8) is 0 Å². The smallest absolute Gasteiger partial charge is 0.243 e. The number of aryl methyl sites for hydroxylation is 1. The maximum Gasteiger partial charge on any atom is 0.243 e. The number of carbonyl (C=O) groups is 2. The van der Waals surface area contributed by atoms with E-state index in [-0.39, 0.29) is 18.2 Å². The van der Waals surface area contributed by atoms with Crippen molar-refractivity contribution >= 4 is 23.4 Å². The zero-order valence-corrected chi connectivity index (χ0v) is 21.1. The molecule has 1 N–H and O–H groups in total. The summed E-state index contributed by atoms with van der Waals surface area (Å²) in [5.74, 6) is -0.278. The van der Waals surface area contributed by atoms with Gasteiger partial charge < -0.3 is 10.2 Å². The molecule has 4 nitrogen and oxygen atoms in total. The highest BCUT2D eigenvalue weighted by molar-refractivity contribution is 6.30. The Labute approximate surface area is 207 Å². The molecule has 1 atom stereocenters. The van der Waals surface area contributed by atoms with Gasteiger partial charge in [-0.05, 0) is 62.1 Å². The lowest BCUT2D eigenvalue weighted by molar-refractivity contribution is -0.141. The summed E-state index contributed by atoms with van der Waals surface area (Å²) in [6.07, 6.45) is 0.594. The van der Waals surface area contributed by atoms with Crippen LogP contribution in [0.2, 0.25) is 5.02 Å². The van der Waals surface area contributed by atoms with Crippen LogP contribution in [0.15, 0.2) is 78.9 Å². The van der Waals surface area contributed by atoms with Gasteiger partial charge in [0.15, 0.2) is 0 Å². The highest BCUT2D eigenvalue weighted by atomic mass is 35.5. The Hall–Kier alpha value is -3.11. The van der Waals surface area contributed by atoms with Crippen molar-refractivity contribution in [1.29, 1.82) is 0 Å². The van der Waals surface area contributed by atoms with Crippen LogP contribution in [0.5, 0.6) is 0 Å². The fourth-order valence-corrected chi connectivity index (χ4v) is 4.11. The van der Waals surface area contributed by atoms with E-state index >= 15 is 0 Å². The Morgan fingerprint density at radius 2 is 1.56 bits per heavy atom. The van der Waals surface area contributed by atoms with E-state index in [1.54, 1.807) is 17.0 Å². The molecule has 0 aromatic heterocycles. The van der Waals surface area contributed by atoms with Gasteiger partial charge in [0.2, 0.25) is 11.8 Å². The van der Waals surface area contributed by atoms with Crippen LogP contribution in [-0.4, -0.2) is 28.3 Å². The fourth-order valence-electron chi connectivity index (χ4n) is 3.90. The van der Waals surface area contributed by atoms with Crippen LogP contribution >= 0.6 is 11.6 Å². The highest BCUT2D eigenvalue weighted by Crippen LogP contribution is 2.20. The van der Waals surface area contributed by atoms with E-state index in [0.717, 1.165) is 22.3 Å². The molecule has 1 unspecified atom stereocenters. The third-order valence-corrected chi connectivity index (χ3v) is 5.85. The molecule has 3 aromatic carbocycles. The SMILES string of the molecule is Cc1ccccc1CN(C(=O)Cc1cccc(Cl)c1)C(Cc1ccccc1)C(=O)NC(C)(C)C. The molecule has 5 heteroatoms. The number of nitrogens with zero attached hydrogens (tertiary/aromatic N) is 1. The standard InChI is InChI=1S/C29H33ClN2O2/c1-21-11-8-9-15-24(21)20-32(27(33)19-23-14-10-16-25(30)17-23)26(28(34)31-29(2,3)4)18-22-12-6-5-7-13-22/h5-17,26H,18-20H2,1-4H3,(H,31,34). The van der Waals surface area contributed by atoms with Crippen LogP contribution < -0.4 is 5.32 Å². The van der Waals surface area contributed by atoms with E-state index in [0.29, 0.717) is 18.0 Å². The molecule has 0 aliphatic rings. The predicted octanol–water partition coefficient (Wildman–Crippen LogP) is 5.75. The molecule has 3 rings (SSSR count). The van der Waals surface area contributed by atoms with Gasteiger partial charge in [-0.3, -0.25) is 9.59 Å². The zero-order valence-electron chi connectivity index (χ0n) is 20.3. The van der Waals surface area contributed by atoms with E-state index < -0.39 is 11.6 Å². The molecule has 0 bridgehead atoms. The lowest BCUT2D eigenvalue weighted by atomic mass is 9.99. The van der Waals surface area contributed by atoms with E-state index in [4.69, 9.17) is 11.6 Å². The maximum absolute atomic E-state index is 13.7. The van der Waals surface area contributed by atoms with Gasteiger partial charge in [0.25, 0.3) is 0 Å².